The molecule has 0 spiro atoms. The second-order valence-electron chi connectivity index (χ2n) is 4.72. The molecule has 2 nitrogen and oxygen atoms in total. The lowest BCUT2D eigenvalue weighted by Gasteiger charge is -2.33. The van der Waals surface area contributed by atoms with E-state index in [1.807, 2.05) is 6.92 Å². The Balaban J connectivity index is 2.15. The van der Waals surface area contributed by atoms with Gasteiger partial charge in [-0.25, -0.2) is 4.39 Å². The molecule has 0 radical (unpaired) electrons. The molecule has 0 aromatic heterocycles. The molecule has 88 valence electrons. The third-order valence-electron chi connectivity index (χ3n) is 3.36. The van der Waals surface area contributed by atoms with Gasteiger partial charge in [0.25, 0.3) is 0 Å². The van der Waals surface area contributed by atoms with Crippen LogP contribution in [0.5, 0.6) is 0 Å². The monoisotopic (exact) mass is 223 g/mol. The topological polar surface area (TPSA) is 32.3 Å². The van der Waals surface area contributed by atoms with Gasteiger partial charge >= 0.3 is 0 Å². The predicted molar refractivity (Wildman–Crippen MR) is 61.9 cm³/mol. The van der Waals surface area contributed by atoms with E-state index in [0.717, 1.165) is 37.1 Å². The predicted octanol–water partition coefficient (Wildman–Crippen LogP) is 1.79. The summed E-state index contributed by atoms with van der Waals surface area (Å²) in [5.74, 6) is -0.224. The summed E-state index contributed by atoms with van der Waals surface area (Å²) in [4.78, 5) is 0. The molecule has 1 aliphatic heterocycles. The lowest BCUT2D eigenvalue weighted by molar-refractivity contribution is 0.0107. The Kier molecular flexibility index (Phi) is 3.26. The molecule has 1 saturated heterocycles. The van der Waals surface area contributed by atoms with Crippen molar-refractivity contribution in [3.8, 4) is 0 Å². The average molecular weight is 223 g/mol. The third kappa shape index (κ3) is 2.60. The molecule has 1 heterocycles. The first-order valence-electron chi connectivity index (χ1n) is 5.77. The van der Waals surface area contributed by atoms with Crippen LogP contribution >= 0.6 is 0 Å². The smallest absolute Gasteiger partial charge is 0.123 e. The summed E-state index contributed by atoms with van der Waals surface area (Å²) >= 11 is 0. The Labute approximate surface area is 95.5 Å². The van der Waals surface area contributed by atoms with Crippen molar-refractivity contribution in [2.24, 2.45) is 0 Å². The van der Waals surface area contributed by atoms with Crippen LogP contribution < -0.4 is 5.32 Å². The van der Waals surface area contributed by atoms with Crippen LogP contribution in [0.2, 0.25) is 0 Å². The van der Waals surface area contributed by atoms with Crippen LogP contribution in [0.1, 0.15) is 24.0 Å². The zero-order valence-electron chi connectivity index (χ0n) is 9.59. The molecular formula is C13H18FNO. The highest BCUT2D eigenvalue weighted by Gasteiger charge is 2.29. The minimum Gasteiger partial charge on any atom is -0.389 e. The van der Waals surface area contributed by atoms with E-state index in [2.05, 4.69) is 5.32 Å². The van der Waals surface area contributed by atoms with E-state index < -0.39 is 5.60 Å². The van der Waals surface area contributed by atoms with E-state index >= 15 is 0 Å². The quantitative estimate of drug-likeness (QED) is 0.801. The van der Waals surface area contributed by atoms with Crippen LogP contribution in [0.4, 0.5) is 4.39 Å². The molecule has 1 aliphatic rings. The molecule has 2 rings (SSSR count). The molecule has 0 saturated carbocycles. The van der Waals surface area contributed by atoms with Gasteiger partial charge in [0.1, 0.15) is 5.82 Å². The molecular weight excluding hydrogens is 205 g/mol. The standard InChI is InChI=1S/C13H18FNO/c1-10-2-3-12(14)8-11(10)9-13(16)4-6-15-7-5-13/h2-3,8,15-16H,4-7,9H2,1H3. The number of halogens is 1. The SMILES string of the molecule is Cc1ccc(F)cc1CC1(O)CCNCC1. The lowest BCUT2D eigenvalue weighted by atomic mass is 9.85. The maximum atomic E-state index is 13.1. The van der Waals surface area contributed by atoms with Crippen LogP contribution in [0, 0.1) is 12.7 Å². The summed E-state index contributed by atoms with van der Waals surface area (Å²) in [7, 11) is 0. The van der Waals surface area contributed by atoms with E-state index in [1.165, 1.54) is 12.1 Å². The van der Waals surface area contributed by atoms with E-state index in [4.69, 9.17) is 0 Å². The van der Waals surface area contributed by atoms with E-state index in [1.54, 1.807) is 6.07 Å². The van der Waals surface area contributed by atoms with Gasteiger partial charge in [0.15, 0.2) is 0 Å². The summed E-state index contributed by atoms with van der Waals surface area (Å²) in [6.07, 6.45) is 2.03. The summed E-state index contributed by atoms with van der Waals surface area (Å²) in [6, 6.07) is 4.77. The number of rotatable bonds is 2. The van der Waals surface area contributed by atoms with Crippen LogP contribution in [-0.2, 0) is 6.42 Å². The van der Waals surface area contributed by atoms with Crippen LogP contribution in [0.3, 0.4) is 0 Å². The molecule has 0 atom stereocenters. The number of aliphatic hydroxyl groups is 1. The Morgan fingerprint density at radius 3 is 2.75 bits per heavy atom. The van der Waals surface area contributed by atoms with Crippen molar-refractivity contribution in [1.29, 1.82) is 0 Å². The lowest BCUT2D eigenvalue weighted by Crippen LogP contribution is -2.43. The number of benzene rings is 1. The highest BCUT2D eigenvalue weighted by atomic mass is 19.1. The molecule has 1 fully saturated rings. The van der Waals surface area contributed by atoms with Crippen molar-refractivity contribution in [2.75, 3.05) is 13.1 Å². The van der Waals surface area contributed by atoms with Gasteiger partial charge < -0.3 is 10.4 Å². The first kappa shape index (κ1) is 11.6. The van der Waals surface area contributed by atoms with Gasteiger partial charge in [0.2, 0.25) is 0 Å². The van der Waals surface area contributed by atoms with Gasteiger partial charge in [0.05, 0.1) is 5.60 Å². The molecule has 1 aromatic rings. The molecule has 0 bridgehead atoms. The molecule has 3 heteroatoms. The Bertz CT molecular complexity index is 372. The normalized spacial score (nSPS) is 19.7. The molecule has 0 aliphatic carbocycles. The second-order valence-corrected chi connectivity index (χ2v) is 4.72. The van der Waals surface area contributed by atoms with Crippen LogP contribution in [0.15, 0.2) is 18.2 Å². The summed E-state index contributed by atoms with van der Waals surface area (Å²) in [6.45, 7) is 3.63. The summed E-state index contributed by atoms with van der Waals surface area (Å²) in [5.41, 5.74) is 1.31. The number of hydrogen-bond donors (Lipinski definition) is 2. The van der Waals surface area contributed by atoms with Crippen molar-refractivity contribution >= 4 is 0 Å². The van der Waals surface area contributed by atoms with Gasteiger partial charge in [-0.15, -0.1) is 0 Å². The van der Waals surface area contributed by atoms with Gasteiger partial charge in [-0.2, -0.15) is 0 Å². The number of hydrogen-bond acceptors (Lipinski definition) is 2. The first-order valence-corrected chi connectivity index (χ1v) is 5.77. The Morgan fingerprint density at radius 1 is 1.38 bits per heavy atom. The van der Waals surface area contributed by atoms with Crippen molar-refractivity contribution in [1.82, 2.24) is 5.32 Å². The summed E-state index contributed by atoms with van der Waals surface area (Å²) in [5, 5.41) is 13.6. The second kappa shape index (κ2) is 4.52. The number of piperidine rings is 1. The molecule has 2 N–H and O–H groups in total. The average Bonchev–Trinajstić information content (AvgIpc) is 2.24. The zero-order chi connectivity index (χ0) is 11.6. The van der Waals surface area contributed by atoms with Gasteiger partial charge in [-0.1, -0.05) is 6.07 Å². The third-order valence-corrected chi connectivity index (χ3v) is 3.36. The Hall–Kier alpha value is -0.930. The van der Waals surface area contributed by atoms with Gasteiger partial charge in [-0.05, 0) is 56.1 Å². The molecule has 0 amide bonds. The highest BCUT2D eigenvalue weighted by molar-refractivity contribution is 5.28. The summed E-state index contributed by atoms with van der Waals surface area (Å²) < 4.78 is 13.1. The molecule has 1 aromatic carbocycles. The van der Waals surface area contributed by atoms with E-state index in [0.29, 0.717) is 6.42 Å². The van der Waals surface area contributed by atoms with Crippen molar-refractivity contribution < 1.29 is 9.50 Å². The minimum atomic E-state index is -0.663. The maximum Gasteiger partial charge on any atom is 0.123 e. The fourth-order valence-corrected chi connectivity index (χ4v) is 2.25. The van der Waals surface area contributed by atoms with Gasteiger partial charge in [-0.3, -0.25) is 0 Å². The first-order chi connectivity index (χ1) is 7.59. The fourth-order valence-electron chi connectivity index (χ4n) is 2.25. The van der Waals surface area contributed by atoms with E-state index in [-0.39, 0.29) is 5.82 Å². The maximum absolute atomic E-state index is 13.1. The van der Waals surface area contributed by atoms with Crippen LogP contribution in [0.25, 0.3) is 0 Å². The van der Waals surface area contributed by atoms with Crippen LogP contribution in [-0.4, -0.2) is 23.8 Å². The van der Waals surface area contributed by atoms with Crippen molar-refractivity contribution in [3.05, 3.63) is 35.1 Å². The molecule has 16 heavy (non-hydrogen) atoms. The zero-order valence-corrected chi connectivity index (χ0v) is 9.59. The van der Waals surface area contributed by atoms with Gasteiger partial charge in [0, 0.05) is 6.42 Å². The fraction of sp³-hybridized carbons (Fsp3) is 0.538. The minimum absolute atomic E-state index is 0.224. The highest BCUT2D eigenvalue weighted by Crippen LogP contribution is 2.25. The largest absolute Gasteiger partial charge is 0.389 e. The Morgan fingerprint density at radius 2 is 2.06 bits per heavy atom. The van der Waals surface area contributed by atoms with E-state index in [9.17, 15) is 9.50 Å². The van der Waals surface area contributed by atoms with Crippen molar-refractivity contribution in [3.63, 3.8) is 0 Å². The molecule has 0 unspecified atom stereocenters. The number of aryl methyl sites for hydroxylation is 1. The van der Waals surface area contributed by atoms with Crippen molar-refractivity contribution in [2.45, 2.75) is 31.8 Å². The number of nitrogens with one attached hydrogen (secondary N) is 1.